The largest absolute Gasteiger partial charge is 0.487 e. The Labute approximate surface area is 489 Å². The Morgan fingerprint density at radius 2 is 1.48 bits per heavy atom. The van der Waals surface area contributed by atoms with E-state index in [4.69, 9.17) is 38.4 Å². The van der Waals surface area contributed by atoms with Crippen LogP contribution < -0.4 is 14.8 Å². The van der Waals surface area contributed by atoms with Crippen LogP contribution in [0.1, 0.15) is 162 Å². The summed E-state index contributed by atoms with van der Waals surface area (Å²) < 4.78 is 34.4. The van der Waals surface area contributed by atoms with Crippen LogP contribution in [0.25, 0.3) is 44.1 Å². The number of aromatic amines is 2. The van der Waals surface area contributed by atoms with Crippen LogP contribution in [-0.4, -0.2) is 107 Å². The van der Waals surface area contributed by atoms with Gasteiger partial charge in [0.1, 0.15) is 25.4 Å². The Balaban J connectivity index is 0.972. The molecule has 7 aromatic rings. The predicted octanol–water partition coefficient (Wildman–Crippen LogP) is 12.9. The fourth-order valence-electron chi connectivity index (χ4n) is 11.4. The molecule has 3 N–H and O–H groups in total. The van der Waals surface area contributed by atoms with E-state index in [9.17, 15) is 14.4 Å². The quantitative estimate of drug-likeness (QED) is 0.0265. The first-order chi connectivity index (χ1) is 40.7. The molecule has 0 spiro atoms. The van der Waals surface area contributed by atoms with Crippen LogP contribution in [-0.2, 0) is 30.3 Å². The van der Waals surface area contributed by atoms with E-state index in [2.05, 4.69) is 89.9 Å². The molecule has 0 saturated heterocycles. The van der Waals surface area contributed by atoms with Crippen molar-refractivity contribution in [3.05, 3.63) is 152 Å². The zero-order valence-corrected chi connectivity index (χ0v) is 49.5. The number of H-pyrrole nitrogens is 2. The van der Waals surface area contributed by atoms with Gasteiger partial charge in [-0.05, 0) is 129 Å². The number of allylic oxidation sites excluding steroid dienone is 2. The van der Waals surface area contributed by atoms with Crippen molar-refractivity contribution in [3.8, 4) is 23.3 Å². The molecule has 0 fully saturated rings. The molecule has 0 radical (unpaired) electrons. The monoisotopic (exact) mass is 1130 g/mol. The summed E-state index contributed by atoms with van der Waals surface area (Å²) in [7, 11) is 4.63. The van der Waals surface area contributed by atoms with Crippen LogP contribution in [0, 0.1) is 25.7 Å². The smallest absolute Gasteiger partial charge is 0.305 e. The minimum absolute atomic E-state index is 0.130. The highest BCUT2D eigenvalue weighted by Gasteiger charge is 2.41. The van der Waals surface area contributed by atoms with Gasteiger partial charge in [-0.15, -0.1) is 0 Å². The second-order valence-electron chi connectivity index (χ2n) is 21.4. The first kappa shape index (κ1) is 58.5. The number of nitrogens with zero attached hydrogens (tertiary/aromatic N) is 5. The van der Waals surface area contributed by atoms with Crippen molar-refractivity contribution in [2.24, 2.45) is 0 Å². The highest BCUT2D eigenvalue weighted by molar-refractivity contribution is 6.23. The van der Waals surface area contributed by atoms with E-state index < -0.39 is 5.91 Å². The van der Waals surface area contributed by atoms with Gasteiger partial charge in [0.05, 0.1) is 72.3 Å². The summed E-state index contributed by atoms with van der Waals surface area (Å²) in [6.07, 6.45) is 3.82. The fraction of sp³-hybridized carbons (Fsp3) is 0.358. The van der Waals surface area contributed by atoms with Crippen LogP contribution >= 0.6 is 0 Å². The van der Waals surface area contributed by atoms with Gasteiger partial charge >= 0.3 is 5.97 Å². The van der Waals surface area contributed by atoms with Crippen molar-refractivity contribution in [1.82, 2.24) is 34.8 Å². The summed E-state index contributed by atoms with van der Waals surface area (Å²) >= 11 is 0. The Hall–Kier alpha value is -8.69. The van der Waals surface area contributed by atoms with Gasteiger partial charge in [-0.2, -0.15) is 0 Å². The van der Waals surface area contributed by atoms with Gasteiger partial charge in [-0.25, -0.2) is 15.0 Å². The third kappa shape index (κ3) is 12.1. The minimum Gasteiger partial charge on any atom is -0.487 e. The molecule has 4 aromatic heterocycles. The molecule has 2 amide bonds. The molecular formula is C67H72N8O9. The van der Waals surface area contributed by atoms with Crippen LogP contribution in [0.3, 0.4) is 0 Å². The maximum atomic E-state index is 14.9. The maximum Gasteiger partial charge on any atom is 0.305 e. The van der Waals surface area contributed by atoms with Gasteiger partial charge in [-0.3, -0.25) is 24.3 Å². The average Bonchev–Trinajstić information content (AvgIpc) is 1.80. The number of unbranched alkanes of at least 4 members (excludes halogenated alkanes) is 1. The maximum absolute atomic E-state index is 14.9. The summed E-state index contributed by atoms with van der Waals surface area (Å²) in [5.74, 6) is 6.80. The van der Waals surface area contributed by atoms with Gasteiger partial charge < -0.3 is 43.7 Å². The number of amides is 2. The Bertz CT molecular complexity index is 3960. The zero-order valence-electron chi connectivity index (χ0n) is 49.5. The summed E-state index contributed by atoms with van der Waals surface area (Å²) in [6.45, 7) is 16.5. The summed E-state index contributed by atoms with van der Waals surface area (Å²) in [6, 6.07) is 25.8. The van der Waals surface area contributed by atoms with Gasteiger partial charge in [0.15, 0.2) is 11.5 Å². The lowest BCUT2D eigenvalue weighted by Gasteiger charge is -2.27. The summed E-state index contributed by atoms with van der Waals surface area (Å²) in [5.41, 5.74) is 15.4. The first-order valence-electron chi connectivity index (χ1n) is 28.8. The number of imide groups is 1. The molecular weight excluding hydrogens is 1060 g/mol. The van der Waals surface area contributed by atoms with Crippen LogP contribution in [0.4, 0.5) is 11.5 Å². The third-order valence-electron chi connectivity index (χ3n) is 16.1. The van der Waals surface area contributed by atoms with Gasteiger partial charge in [0.25, 0.3) is 11.8 Å². The number of fused-ring (bicyclic) bond motifs is 9. The first-order valence-corrected chi connectivity index (χ1v) is 28.8. The number of nitrogens with one attached hydrogen (secondary N) is 3. The van der Waals surface area contributed by atoms with Crippen molar-refractivity contribution in [1.29, 1.82) is 0 Å². The second kappa shape index (κ2) is 25.8. The normalized spacial score (nSPS) is 15.1. The average molecular weight is 1130 g/mol. The fourth-order valence-corrected chi connectivity index (χ4v) is 11.4. The van der Waals surface area contributed by atoms with Crippen molar-refractivity contribution >= 4 is 73.4 Å². The van der Waals surface area contributed by atoms with Crippen molar-refractivity contribution in [2.45, 2.75) is 105 Å². The molecule has 17 heteroatoms. The molecule has 2 unspecified atom stereocenters. The number of anilines is 2. The SMILES string of the molecule is CCCCN1C(=O)c2c3nc(cc4[nH]c(cc5nc(cc6[nH]c2c(c6C)C1=O)C(CC)=C5C)c(C(C)OCc1cccc(C#Cc2cccc(Nc5ncnc6cc(OCCOC)c(OCCOC)cc56)c2)c1)c4C)C(C)[C@@H]3CCC(=O)OC. The minimum atomic E-state index is -0.393. The number of aryl methyl sites for hydroxylation is 2. The number of esters is 1. The topological polar surface area (TPSA) is 205 Å². The molecule has 7 heterocycles. The number of hydrogen-bond acceptors (Lipinski definition) is 14. The molecule has 3 aliphatic rings. The molecule has 3 aliphatic heterocycles. The number of ether oxygens (including phenoxy) is 6. The highest BCUT2D eigenvalue weighted by atomic mass is 16.5. The molecule has 10 rings (SSSR count). The number of benzene rings is 3. The third-order valence-corrected chi connectivity index (χ3v) is 16.1. The van der Waals surface area contributed by atoms with E-state index in [1.54, 1.807) is 14.2 Å². The van der Waals surface area contributed by atoms with Crippen molar-refractivity contribution in [3.63, 3.8) is 0 Å². The van der Waals surface area contributed by atoms with Gasteiger partial charge in [-0.1, -0.05) is 57.2 Å². The van der Waals surface area contributed by atoms with Crippen molar-refractivity contribution < 1.29 is 42.8 Å². The molecule has 84 heavy (non-hydrogen) atoms. The van der Waals surface area contributed by atoms with Gasteiger partial charge in [0.2, 0.25) is 0 Å². The molecule has 0 saturated carbocycles. The molecule has 434 valence electrons. The Kier molecular flexibility index (Phi) is 18.0. The lowest BCUT2D eigenvalue weighted by atomic mass is 9.84. The number of rotatable bonds is 21. The predicted molar refractivity (Wildman–Crippen MR) is 326 cm³/mol. The number of methoxy groups -OCH3 is 3. The number of carbonyl (C=O) groups excluding carboxylic acids is 3. The Morgan fingerprint density at radius 1 is 0.774 bits per heavy atom. The van der Waals surface area contributed by atoms with E-state index in [1.165, 1.54) is 18.3 Å². The van der Waals surface area contributed by atoms with E-state index in [0.717, 1.165) is 96.6 Å². The van der Waals surface area contributed by atoms with E-state index in [1.807, 2.05) is 74.5 Å². The van der Waals surface area contributed by atoms with Crippen LogP contribution in [0.2, 0.25) is 0 Å². The summed E-state index contributed by atoms with van der Waals surface area (Å²) in [4.78, 5) is 70.5. The number of carbonyl (C=O) groups is 3. The molecule has 0 aliphatic carbocycles. The van der Waals surface area contributed by atoms with Crippen LogP contribution in [0.5, 0.6) is 11.5 Å². The van der Waals surface area contributed by atoms with E-state index >= 15 is 0 Å². The van der Waals surface area contributed by atoms with Gasteiger partial charge in [0, 0.05) is 95.1 Å². The molecule has 3 atom stereocenters. The summed E-state index contributed by atoms with van der Waals surface area (Å²) in [5, 5.41) is 4.22. The lowest BCUT2D eigenvalue weighted by Crippen LogP contribution is -2.41. The van der Waals surface area contributed by atoms with E-state index in [0.29, 0.717) is 96.6 Å². The second-order valence-corrected chi connectivity index (χ2v) is 21.4. The Morgan fingerprint density at radius 3 is 2.20 bits per heavy atom. The molecule has 3 aromatic carbocycles. The molecule has 17 nitrogen and oxygen atoms in total. The van der Waals surface area contributed by atoms with Crippen LogP contribution in [0.15, 0.2) is 85.2 Å². The highest BCUT2D eigenvalue weighted by Crippen LogP contribution is 2.45. The molecule has 8 bridgehead atoms. The standard InChI is InChI=1S/C67H72N8O9/c1-11-13-24-75-66(77)61-41(6)53-33-55-47(12-2)38(3)50(71-55)34-56-60(40(5)52(72-56)32-51-39(4)48(22-23-59(76)81-10)63(73-51)62(67(75)78)64(61)74-53)42(7)84-36-45-18-14-16-43(29-45)20-21-44-17-15-19-46(30-44)70-65-49-31-57(82-27-25-79-8)58(83-28-26-80-9)35-54(49)68-37-69-65/h14-19,29-35,37,39,42,48,72,74H,11-13,22-28,36H2,1-10H3,(H,68,69,70)/t39?,42?,48-/m0/s1. The zero-order chi connectivity index (χ0) is 59.2. The number of hydrogen-bond donors (Lipinski definition) is 3. The van der Waals surface area contributed by atoms with E-state index in [-0.39, 0.29) is 42.8 Å². The lowest BCUT2D eigenvalue weighted by molar-refractivity contribution is -0.140. The number of aromatic nitrogens is 6. The van der Waals surface area contributed by atoms with Crippen molar-refractivity contribution in [2.75, 3.05) is 59.6 Å².